The van der Waals surface area contributed by atoms with E-state index in [9.17, 15) is 0 Å². The summed E-state index contributed by atoms with van der Waals surface area (Å²) in [6.07, 6.45) is 3.16. The van der Waals surface area contributed by atoms with Crippen LogP contribution in [0.3, 0.4) is 0 Å². The number of hydrogen-bond acceptors (Lipinski definition) is 1. The van der Waals surface area contributed by atoms with Crippen LogP contribution in [0.5, 0.6) is 0 Å². The van der Waals surface area contributed by atoms with E-state index in [2.05, 4.69) is 175 Å². The molecule has 0 radical (unpaired) electrons. The van der Waals surface area contributed by atoms with Crippen LogP contribution < -0.4 is 5.32 Å². The second-order valence-electron chi connectivity index (χ2n) is 16.9. The Kier molecular flexibility index (Phi) is 13.0. The highest BCUT2D eigenvalue weighted by atomic mass is 14.8. The third-order valence-electron chi connectivity index (χ3n) is 12.9. The number of rotatable bonds is 14. The lowest BCUT2D eigenvalue weighted by Crippen LogP contribution is -2.05. The van der Waals surface area contributed by atoms with Crippen molar-refractivity contribution in [3.05, 3.63) is 205 Å². The van der Waals surface area contributed by atoms with Crippen LogP contribution in [0.2, 0.25) is 0 Å². The Balaban J connectivity index is 1.37. The highest BCUT2D eigenvalue weighted by Crippen LogP contribution is 2.33. The SMILES string of the molecule is C=C(Cc1cc(C(=C)Cc2cc(C(=C)Cc3cc(C(=C)Cc4cc(C(=C)NC)cc(C)c4C)cc(C)c3C)cc(C)c2C)cc(C)c1C)c1cc(C)c(C)c(C)c1. The normalized spacial score (nSPS) is 11.1. The van der Waals surface area contributed by atoms with E-state index in [0.29, 0.717) is 0 Å². The molecule has 5 rings (SSSR count). The van der Waals surface area contributed by atoms with Crippen LogP contribution in [0.4, 0.5) is 0 Å². The van der Waals surface area contributed by atoms with Gasteiger partial charge in [-0.1, -0.05) is 81.4 Å². The molecule has 1 nitrogen and oxygen atoms in total. The summed E-state index contributed by atoms with van der Waals surface area (Å²) in [6, 6.07) is 23.0. The molecular formula is C56H65N. The molecule has 0 aliphatic rings. The van der Waals surface area contributed by atoms with Gasteiger partial charge in [0.2, 0.25) is 0 Å². The predicted molar refractivity (Wildman–Crippen MR) is 253 cm³/mol. The van der Waals surface area contributed by atoms with E-state index < -0.39 is 0 Å². The number of benzene rings is 5. The zero-order valence-corrected chi connectivity index (χ0v) is 37.1. The van der Waals surface area contributed by atoms with Gasteiger partial charge in [0.15, 0.2) is 0 Å². The van der Waals surface area contributed by atoms with Gasteiger partial charge in [0.1, 0.15) is 0 Å². The molecule has 0 aliphatic carbocycles. The molecular weight excluding hydrogens is 687 g/mol. The molecule has 0 atom stereocenters. The maximum atomic E-state index is 4.67. The molecule has 0 spiro atoms. The van der Waals surface area contributed by atoms with Crippen molar-refractivity contribution in [3.63, 3.8) is 0 Å². The van der Waals surface area contributed by atoms with E-state index in [1.54, 1.807) is 0 Å². The monoisotopic (exact) mass is 752 g/mol. The van der Waals surface area contributed by atoms with Crippen molar-refractivity contribution in [1.29, 1.82) is 0 Å². The van der Waals surface area contributed by atoms with Crippen LogP contribution in [-0.4, -0.2) is 7.05 Å². The van der Waals surface area contributed by atoms with Gasteiger partial charge < -0.3 is 5.32 Å². The van der Waals surface area contributed by atoms with E-state index in [4.69, 9.17) is 0 Å². The Bertz CT molecular complexity index is 2450. The Morgan fingerprint density at radius 3 is 0.807 bits per heavy atom. The fourth-order valence-electron chi connectivity index (χ4n) is 7.96. The van der Waals surface area contributed by atoms with Crippen molar-refractivity contribution < 1.29 is 0 Å². The maximum Gasteiger partial charge on any atom is 0.0338 e. The summed E-state index contributed by atoms with van der Waals surface area (Å²) in [5.74, 6) is 0. The van der Waals surface area contributed by atoms with Crippen LogP contribution in [0.25, 0.3) is 28.0 Å². The molecule has 0 heterocycles. The van der Waals surface area contributed by atoms with Gasteiger partial charge in [-0.25, -0.2) is 0 Å². The lowest BCUT2D eigenvalue weighted by atomic mass is 9.86. The van der Waals surface area contributed by atoms with E-state index in [1.807, 2.05) is 7.05 Å². The minimum Gasteiger partial charge on any atom is -0.388 e. The maximum absolute atomic E-state index is 4.67. The number of hydrogen-bond donors (Lipinski definition) is 1. The minimum absolute atomic E-state index is 0.775. The van der Waals surface area contributed by atoms with Crippen molar-refractivity contribution in [2.24, 2.45) is 0 Å². The summed E-state index contributed by atoms with van der Waals surface area (Å²) < 4.78 is 0. The van der Waals surface area contributed by atoms with Crippen LogP contribution >= 0.6 is 0 Å². The number of aryl methyl sites for hydroxylation is 6. The molecule has 0 unspecified atom stereocenters. The fourth-order valence-corrected chi connectivity index (χ4v) is 7.96. The van der Waals surface area contributed by atoms with Crippen LogP contribution in [0.1, 0.15) is 111 Å². The molecule has 5 aromatic rings. The van der Waals surface area contributed by atoms with Crippen LogP contribution in [-0.2, 0) is 25.7 Å². The summed E-state index contributed by atoms with van der Waals surface area (Å²) >= 11 is 0. The standard InChI is InChI=1S/C56H65N/c1-32-18-48(19-33(2)42(32)11)38(7)24-52-28-49(20-34(3)43(52)12)39(8)25-53-29-50(21-35(4)44(53)13)40(9)26-54-30-51(22-36(5)45(54)14)41(10)27-55-31-56(47(16)57-17)23-37(6)46(55)15/h18-23,28-31,57H,7-10,16,24-27H2,1-6,11-15,17H3. The van der Waals surface area contributed by atoms with E-state index in [-0.39, 0.29) is 0 Å². The van der Waals surface area contributed by atoms with Gasteiger partial charge in [-0.2, -0.15) is 0 Å². The molecule has 0 amide bonds. The van der Waals surface area contributed by atoms with Gasteiger partial charge in [-0.3, -0.25) is 0 Å². The molecule has 1 heteroatoms. The third-order valence-corrected chi connectivity index (χ3v) is 12.9. The van der Waals surface area contributed by atoms with Gasteiger partial charge in [0.05, 0.1) is 0 Å². The van der Waals surface area contributed by atoms with Gasteiger partial charge in [0.25, 0.3) is 0 Å². The zero-order chi connectivity index (χ0) is 42.0. The van der Waals surface area contributed by atoms with E-state index >= 15 is 0 Å². The summed E-state index contributed by atoms with van der Waals surface area (Å²) in [7, 11) is 1.92. The molecule has 57 heavy (non-hydrogen) atoms. The summed E-state index contributed by atoms with van der Waals surface area (Å²) in [6.45, 7) is 47.0. The van der Waals surface area contributed by atoms with Crippen molar-refractivity contribution in [2.75, 3.05) is 7.05 Å². The molecule has 0 bridgehead atoms. The first kappa shape index (κ1) is 42.7. The number of allylic oxidation sites excluding steroid dienone is 4. The predicted octanol–water partition coefficient (Wildman–Crippen LogP) is 14.3. The van der Waals surface area contributed by atoms with Gasteiger partial charge >= 0.3 is 0 Å². The smallest absolute Gasteiger partial charge is 0.0338 e. The third kappa shape index (κ3) is 9.43. The van der Waals surface area contributed by atoms with Crippen molar-refractivity contribution in [2.45, 2.75) is 102 Å². The Labute approximate surface area is 345 Å². The Hall–Kier alpha value is -5.40. The summed E-state index contributed by atoms with van der Waals surface area (Å²) in [5.41, 5.74) is 30.9. The summed E-state index contributed by atoms with van der Waals surface area (Å²) in [5, 5.41) is 3.21. The van der Waals surface area contributed by atoms with Crippen LogP contribution in [0.15, 0.2) is 93.6 Å². The van der Waals surface area contributed by atoms with Gasteiger partial charge in [0, 0.05) is 12.7 Å². The molecule has 1 N–H and O–H groups in total. The van der Waals surface area contributed by atoms with Crippen molar-refractivity contribution in [1.82, 2.24) is 5.32 Å². The Morgan fingerprint density at radius 2 is 0.544 bits per heavy atom. The van der Waals surface area contributed by atoms with Gasteiger partial charge in [-0.05, 0) is 248 Å². The second kappa shape index (κ2) is 17.4. The molecule has 5 aromatic carbocycles. The molecule has 0 aromatic heterocycles. The molecule has 0 saturated carbocycles. The van der Waals surface area contributed by atoms with Crippen molar-refractivity contribution in [3.8, 4) is 0 Å². The molecule has 0 fully saturated rings. The molecule has 294 valence electrons. The quantitative estimate of drug-likeness (QED) is 0.119. The fraction of sp³-hybridized carbons (Fsp3) is 0.286. The topological polar surface area (TPSA) is 12.0 Å². The summed E-state index contributed by atoms with van der Waals surface area (Å²) in [4.78, 5) is 0. The minimum atomic E-state index is 0.775. The van der Waals surface area contributed by atoms with Crippen molar-refractivity contribution >= 4 is 28.0 Å². The average molecular weight is 752 g/mol. The first-order chi connectivity index (χ1) is 26.8. The molecule has 0 saturated heterocycles. The highest BCUT2D eigenvalue weighted by molar-refractivity contribution is 5.75. The lowest BCUT2D eigenvalue weighted by Gasteiger charge is -2.19. The largest absolute Gasteiger partial charge is 0.388 e. The zero-order valence-electron chi connectivity index (χ0n) is 37.1. The average Bonchev–Trinajstić information content (AvgIpc) is 3.16. The van der Waals surface area contributed by atoms with Crippen LogP contribution in [0, 0.1) is 76.2 Å². The number of nitrogens with one attached hydrogen (secondary N) is 1. The first-order valence-corrected chi connectivity index (χ1v) is 20.4. The van der Waals surface area contributed by atoms with Gasteiger partial charge in [-0.15, -0.1) is 0 Å². The van der Waals surface area contributed by atoms with E-state index in [1.165, 1.54) is 106 Å². The highest BCUT2D eigenvalue weighted by Gasteiger charge is 2.16. The molecule has 0 aliphatic heterocycles. The van der Waals surface area contributed by atoms with E-state index in [0.717, 1.165) is 59.2 Å². The Morgan fingerprint density at radius 1 is 0.333 bits per heavy atom. The second-order valence-corrected chi connectivity index (χ2v) is 16.9. The first-order valence-electron chi connectivity index (χ1n) is 20.4. The lowest BCUT2D eigenvalue weighted by molar-refractivity contribution is 1.11.